The van der Waals surface area contributed by atoms with Crippen LogP contribution in [-0.2, 0) is 31.9 Å². The maximum absolute atomic E-state index is 11.9. The number of nitrogens with zero attached hydrogens (tertiary/aromatic N) is 6. The SMILES string of the molecule is N#CC[C@H]1CN(c2nc(OC[C@@H]3C[C@@H](COCCOCCOCCOCCO)CN3)nc3c2CCN(c2cccc4ccccc24)C3)CCN1C(=O)O. The normalized spacial score (nSPS) is 20.1. The van der Waals surface area contributed by atoms with Crippen LogP contribution in [0.15, 0.2) is 42.5 Å². The fourth-order valence-electron chi connectivity index (χ4n) is 7.29. The van der Waals surface area contributed by atoms with Crippen LogP contribution in [0.3, 0.4) is 0 Å². The second-order valence-corrected chi connectivity index (χ2v) is 13.5. The Labute approximate surface area is 310 Å². The predicted octanol–water partition coefficient (Wildman–Crippen LogP) is 2.69. The fourth-order valence-corrected chi connectivity index (χ4v) is 7.29. The van der Waals surface area contributed by atoms with Gasteiger partial charge in [0.05, 0.1) is 90.2 Å². The van der Waals surface area contributed by atoms with E-state index >= 15 is 0 Å². The molecule has 4 heterocycles. The van der Waals surface area contributed by atoms with Crippen molar-refractivity contribution >= 4 is 28.4 Å². The highest BCUT2D eigenvalue weighted by atomic mass is 16.6. The molecule has 3 aliphatic heterocycles. The van der Waals surface area contributed by atoms with Gasteiger partial charge in [0, 0.05) is 55.4 Å². The smallest absolute Gasteiger partial charge is 0.407 e. The lowest BCUT2D eigenvalue weighted by molar-refractivity contribution is -0.00841. The molecular weight excluding hydrogens is 682 g/mol. The highest BCUT2D eigenvalue weighted by Gasteiger charge is 2.34. The summed E-state index contributed by atoms with van der Waals surface area (Å²) in [5, 5.41) is 33.9. The van der Waals surface area contributed by atoms with Crippen LogP contribution in [0.1, 0.15) is 24.1 Å². The third-order valence-corrected chi connectivity index (χ3v) is 9.92. The van der Waals surface area contributed by atoms with E-state index in [1.165, 1.54) is 15.7 Å². The van der Waals surface area contributed by atoms with E-state index in [2.05, 4.69) is 63.7 Å². The molecule has 0 unspecified atom stereocenters. The van der Waals surface area contributed by atoms with Crippen LogP contribution < -0.4 is 19.9 Å². The van der Waals surface area contributed by atoms with Crippen LogP contribution in [-0.4, -0.2) is 142 Å². The number of nitriles is 1. The number of carboxylic acid groups (broad SMARTS) is 1. The van der Waals surface area contributed by atoms with Gasteiger partial charge in [-0.1, -0.05) is 36.4 Å². The monoisotopic (exact) mass is 733 g/mol. The summed E-state index contributed by atoms with van der Waals surface area (Å²) >= 11 is 0. The summed E-state index contributed by atoms with van der Waals surface area (Å²) in [6.07, 6.45) is 0.720. The molecule has 3 aliphatic rings. The van der Waals surface area contributed by atoms with Crippen molar-refractivity contribution in [2.75, 3.05) is 109 Å². The zero-order valence-corrected chi connectivity index (χ0v) is 30.2. The number of rotatable bonds is 19. The second kappa shape index (κ2) is 19.7. The number of hydrogen-bond donors (Lipinski definition) is 3. The Kier molecular flexibility index (Phi) is 14.3. The minimum atomic E-state index is -1.01. The van der Waals surface area contributed by atoms with E-state index in [4.69, 9.17) is 38.8 Å². The van der Waals surface area contributed by atoms with Crippen molar-refractivity contribution in [2.45, 2.75) is 37.9 Å². The molecule has 6 rings (SSSR count). The minimum Gasteiger partial charge on any atom is -0.465 e. The summed E-state index contributed by atoms with van der Waals surface area (Å²) in [5.74, 6) is 1.12. The van der Waals surface area contributed by atoms with Crippen molar-refractivity contribution in [3.8, 4) is 12.1 Å². The van der Waals surface area contributed by atoms with Gasteiger partial charge >= 0.3 is 12.1 Å². The maximum Gasteiger partial charge on any atom is 0.407 e. The second-order valence-electron chi connectivity index (χ2n) is 13.5. The van der Waals surface area contributed by atoms with E-state index in [0.717, 1.165) is 48.7 Å². The quantitative estimate of drug-likeness (QED) is 0.153. The molecule has 2 aromatic carbocycles. The van der Waals surface area contributed by atoms with Crippen molar-refractivity contribution in [1.82, 2.24) is 20.2 Å². The molecule has 0 bridgehead atoms. The summed E-state index contributed by atoms with van der Waals surface area (Å²) in [5.41, 5.74) is 3.10. The fraction of sp³-hybridized carbons (Fsp3) is 0.579. The Morgan fingerprint density at radius 3 is 2.43 bits per heavy atom. The predicted molar refractivity (Wildman–Crippen MR) is 197 cm³/mol. The Morgan fingerprint density at radius 2 is 1.66 bits per heavy atom. The number of anilines is 2. The van der Waals surface area contributed by atoms with Gasteiger partial charge in [0.1, 0.15) is 12.4 Å². The Balaban J connectivity index is 1.05. The highest BCUT2D eigenvalue weighted by molar-refractivity contribution is 5.94. The molecule has 53 heavy (non-hydrogen) atoms. The van der Waals surface area contributed by atoms with Crippen LogP contribution >= 0.6 is 0 Å². The van der Waals surface area contributed by atoms with Gasteiger partial charge in [-0.15, -0.1) is 0 Å². The number of aliphatic hydroxyl groups excluding tert-OH is 1. The number of aromatic nitrogens is 2. The molecule has 1 aromatic heterocycles. The van der Waals surface area contributed by atoms with Crippen LogP contribution in [0.5, 0.6) is 6.01 Å². The number of ether oxygens (including phenoxy) is 5. The number of aliphatic hydroxyl groups is 1. The van der Waals surface area contributed by atoms with Crippen molar-refractivity contribution in [1.29, 1.82) is 5.26 Å². The molecule has 15 nitrogen and oxygen atoms in total. The van der Waals surface area contributed by atoms with E-state index in [0.29, 0.717) is 91.0 Å². The average molecular weight is 734 g/mol. The third-order valence-electron chi connectivity index (χ3n) is 9.92. The molecule has 0 saturated carbocycles. The molecule has 2 saturated heterocycles. The van der Waals surface area contributed by atoms with Crippen LogP contribution in [0.2, 0.25) is 0 Å². The van der Waals surface area contributed by atoms with Gasteiger partial charge in [0.15, 0.2) is 0 Å². The molecule has 1 amide bonds. The molecule has 0 aliphatic carbocycles. The van der Waals surface area contributed by atoms with E-state index < -0.39 is 12.1 Å². The molecule has 0 spiro atoms. The van der Waals surface area contributed by atoms with Crippen molar-refractivity contribution < 1.29 is 38.7 Å². The average Bonchev–Trinajstić information content (AvgIpc) is 3.64. The first-order valence-corrected chi connectivity index (χ1v) is 18.6. The van der Waals surface area contributed by atoms with Gasteiger partial charge in [-0.05, 0) is 30.2 Å². The van der Waals surface area contributed by atoms with E-state index in [-0.39, 0.29) is 25.6 Å². The minimum absolute atomic E-state index is 0.0111. The lowest BCUT2D eigenvalue weighted by Gasteiger charge is -2.41. The third kappa shape index (κ3) is 10.4. The molecular formula is C38H51N7O8. The van der Waals surface area contributed by atoms with E-state index in [1.54, 1.807) is 0 Å². The molecule has 3 aromatic rings. The molecule has 3 atom stereocenters. The first kappa shape index (κ1) is 38.4. The zero-order valence-electron chi connectivity index (χ0n) is 30.2. The van der Waals surface area contributed by atoms with Gasteiger partial charge in [-0.3, -0.25) is 0 Å². The Bertz CT molecular complexity index is 1670. The molecule has 15 heteroatoms. The first-order valence-electron chi connectivity index (χ1n) is 18.6. The maximum atomic E-state index is 11.9. The summed E-state index contributed by atoms with van der Waals surface area (Å²) in [6.45, 7) is 7.59. The standard InChI is InChI=1S/C38H51N7O8/c39-10-8-31-24-44(12-13-45(31)38(47)48)36-33-9-11-43(35-7-3-5-29-4-1-2-6-32(29)35)25-34(33)41-37(42-36)53-27-30-22-28(23-40-30)26-52-21-20-51-19-18-50-17-16-49-15-14-46/h1-7,28,30-31,40,46H,8-9,11-27H2,(H,47,48)/t28-,30+,31+/m1/s1. The lowest BCUT2D eigenvalue weighted by atomic mass is 10.0. The van der Waals surface area contributed by atoms with Crippen molar-refractivity contribution in [3.05, 3.63) is 53.7 Å². The van der Waals surface area contributed by atoms with Gasteiger partial charge in [0.25, 0.3) is 0 Å². The largest absolute Gasteiger partial charge is 0.465 e. The van der Waals surface area contributed by atoms with Gasteiger partial charge in [-0.25, -0.2) is 4.79 Å². The lowest BCUT2D eigenvalue weighted by Crippen LogP contribution is -2.55. The molecule has 3 N–H and O–H groups in total. The molecule has 286 valence electrons. The number of carbonyl (C=O) groups is 1. The Hall–Kier alpha value is -4.30. The number of benzene rings is 2. The van der Waals surface area contributed by atoms with Crippen LogP contribution in [0.4, 0.5) is 16.3 Å². The van der Waals surface area contributed by atoms with Gasteiger partial charge in [-0.2, -0.15) is 15.2 Å². The summed E-state index contributed by atoms with van der Waals surface area (Å²) in [4.78, 5) is 27.7. The zero-order chi connectivity index (χ0) is 36.8. The van der Waals surface area contributed by atoms with Crippen LogP contribution in [0.25, 0.3) is 10.8 Å². The number of piperazine rings is 1. The Morgan fingerprint density at radius 1 is 0.906 bits per heavy atom. The van der Waals surface area contributed by atoms with Crippen LogP contribution in [0, 0.1) is 17.2 Å². The summed E-state index contributed by atoms with van der Waals surface area (Å²) in [7, 11) is 0. The van der Waals surface area contributed by atoms with Crippen molar-refractivity contribution in [3.63, 3.8) is 0 Å². The molecule has 0 radical (unpaired) electrons. The van der Waals surface area contributed by atoms with Gasteiger partial charge in [0.2, 0.25) is 0 Å². The summed E-state index contributed by atoms with van der Waals surface area (Å²) in [6, 6.07) is 16.9. The first-order chi connectivity index (χ1) is 26.0. The number of nitrogens with one attached hydrogen (secondary N) is 1. The number of amides is 1. The highest BCUT2D eigenvalue weighted by Crippen LogP contribution is 2.35. The number of fused-ring (bicyclic) bond motifs is 2. The summed E-state index contributed by atoms with van der Waals surface area (Å²) < 4.78 is 28.4. The van der Waals surface area contributed by atoms with Gasteiger partial charge < -0.3 is 53.9 Å². The topological polar surface area (TPSA) is 175 Å². The van der Waals surface area contributed by atoms with E-state index in [9.17, 15) is 15.2 Å². The van der Waals surface area contributed by atoms with Crippen molar-refractivity contribution in [2.24, 2.45) is 5.92 Å². The number of hydrogen-bond acceptors (Lipinski definition) is 13. The molecule has 2 fully saturated rings. The van der Waals surface area contributed by atoms with E-state index in [1.807, 2.05) is 0 Å².